The van der Waals surface area contributed by atoms with Crippen LogP contribution in [0.15, 0.2) is 30.5 Å². The molecule has 0 aliphatic carbocycles. The second-order valence-corrected chi connectivity index (χ2v) is 9.91. The summed E-state index contributed by atoms with van der Waals surface area (Å²) < 4.78 is 10.1. The summed E-state index contributed by atoms with van der Waals surface area (Å²) in [7, 11) is 3.97. The third-order valence-electron chi connectivity index (χ3n) is 6.71. The van der Waals surface area contributed by atoms with Gasteiger partial charge in [-0.2, -0.15) is 15.3 Å². The number of hydrogen-bond acceptors (Lipinski definition) is 7. The number of aromatic amines is 1. The average Bonchev–Trinajstić information content (AvgIpc) is 3.46. The van der Waals surface area contributed by atoms with Crippen LogP contribution in [0.3, 0.4) is 0 Å². The van der Waals surface area contributed by atoms with Crippen LogP contribution in [0.5, 0.6) is 5.88 Å². The normalized spacial score (nSPS) is 17.3. The number of ether oxygens (including phenoxy) is 1. The summed E-state index contributed by atoms with van der Waals surface area (Å²) in [5.41, 5.74) is 7.21. The average molecular weight is 487 g/mol. The van der Waals surface area contributed by atoms with Crippen LogP contribution in [0.1, 0.15) is 25.2 Å². The highest BCUT2D eigenvalue weighted by atomic mass is 16.5. The summed E-state index contributed by atoms with van der Waals surface area (Å²) in [5.74, 6) is 0.698. The Bertz CT molecular complexity index is 1590. The van der Waals surface area contributed by atoms with E-state index in [9.17, 15) is 5.11 Å². The molecular weight excluding hydrogens is 456 g/mol. The number of fused-ring (bicyclic) bond motifs is 5. The van der Waals surface area contributed by atoms with Gasteiger partial charge in [0.25, 0.3) is 0 Å². The van der Waals surface area contributed by atoms with Gasteiger partial charge < -0.3 is 9.84 Å². The lowest BCUT2D eigenvalue weighted by Crippen LogP contribution is -2.31. The van der Waals surface area contributed by atoms with Gasteiger partial charge in [0.1, 0.15) is 11.8 Å². The molecule has 0 unspecified atom stereocenters. The van der Waals surface area contributed by atoms with Crippen molar-refractivity contribution in [2.24, 2.45) is 7.05 Å². The molecule has 10 nitrogen and oxygen atoms in total. The van der Waals surface area contributed by atoms with Crippen LogP contribution in [0, 0.1) is 6.92 Å². The molecule has 186 valence electrons. The van der Waals surface area contributed by atoms with E-state index in [1.807, 2.05) is 24.9 Å². The van der Waals surface area contributed by atoms with E-state index in [1.54, 1.807) is 11.6 Å². The first-order valence-corrected chi connectivity index (χ1v) is 12.2. The highest BCUT2D eigenvalue weighted by Gasteiger charge is 2.23. The Balaban J connectivity index is 1.60. The Hall–Kier alpha value is -3.76. The van der Waals surface area contributed by atoms with Crippen molar-refractivity contribution in [1.82, 2.24) is 39.6 Å². The van der Waals surface area contributed by atoms with Crippen LogP contribution in [0.25, 0.3) is 44.3 Å². The van der Waals surface area contributed by atoms with Gasteiger partial charge in [0.05, 0.1) is 52.5 Å². The van der Waals surface area contributed by atoms with E-state index in [-0.39, 0.29) is 6.10 Å². The predicted octanol–water partition coefficient (Wildman–Crippen LogP) is 3.28. The maximum atomic E-state index is 10.1. The molecule has 0 fully saturated rings. The molecule has 0 saturated carbocycles. The number of nitrogens with zero attached hydrogens (tertiary/aromatic N) is 7. The molecule has 4 bridgehead atoms. The Morgan fingerprint density at radius 2 is 2.03 bits per heavy atom. The van der Waals surface area contributed by atoms with Crippen LogP contribution >= 0.6 is 0 Å². The number of aliphatic hydroxyl groups is 1. The first kappa shape index (κ1) is 22.7. The maximum absolute atomic E-state index is 10.1. The van der Waals surface area contributed by atoms with E-state index in [4.69, 9.17) is 14.8 Å². The summed E-state index contributed by atoms with van der Waals surface area (Å²) in [6.45, 7) is 7.59. The Kier molecular flexibility index (Phi) is 5.31. The second kappa shape index (κ2) is 8.42. The Labute approximate surface area is 208 Å². The van der Waals surface area contributed by atoms with Crippen molar-refractivity contribution < 1.29 is 9.84 Å². The van der Waals surface area contributed by atoms with Crippen LogP contribution in [-0.4, -0.2) is 70.5 Å². The number of rotatable bonds is 2. The molecule has 36 heavy (non-hydrogen) atoms. The molecule has 0 spiro atoms. The quantitative estimate of drug-likeness (QED) is 0.394. The largest absolute Gasteiger partial charge is 0.473 e. The molecule has 1 aliphatic heterocycles. The number of aliphatic hydroxyl groups excluding tert-OH is 1. The SMILES string of the molecule is Cc1nn(C)c2c1-c1cc3c(n[nH]c3cn1)-c1ccc3c(c1)c(nn3C[C@H](C)O)CN(C)C[C@H](C)O2. The van der Waals surface area contributed by atoms with Gasteiger partial charge in [-0.05, 0) is 46.0 Å². The van der Waals surface area contributed by atoms with E-state index >= 15 is 0 Å². The fourth-order valence-corrected chi connectivity index (χ4v) is 5.23. The summed E-state index contributed by atoms with van der Waals surface area (Å²) in [6, 6.07) is 8.35. The first-order chi connectivity index (χ1) is 17.3. The molecule has 4 aromatic heterocycles. The minimum Gasteiger partial charge on any atom is -0.473 e. The van der Waals surface area contributed by atoms with Crippen LogP contribution in [0.4, 0.5) is 0 Å². The number of H-pyrrole nitrogens is 1. The van der Waals surface area contributed by atoms with Crippen molar-refractivity contribution in [2.75, 3.05) is 13.6 Å². The third-order valence-corrected chi connectivity index (χ3v) is 6.71. The number of aryl methyl sites for hydroxylation is 2. The summed E-state index contributed by atoms with van der Waals surface area (Å²) in [6.07, 6.45) is 1.22. The molecule has 5 heterocycles. The predicted molar refractivity (Wildman–Crippen MR) is 138 cm³/mol. The van der Waals surface area contributed by atoms with E-state index in [0.717, 1.165) is 55.7 Å². The number of likely N-dealkylation sites (N-methyl/N-ethyl adjacent to an activating group) is 1. The molecule has 1 aliphatic rings. The molecule has 2 N–H and O–H groups in total. The fourth-order valence-electron chi connectivity index (χ4n) is 5.23. The van der Waals surface area contributed by atoms with Crippen molar-refractivity contribution in [2.45, 2.75) is 46.1 Å². The van der Waals surface area contributed by atoms with Crippen molar-refractivity contribution in [3.05, 3.63) is 41.9 Å². The van der Waals surface area contributed by atoms with Crippen molar-refractivity contribution in [3.63, 3.8) is 0 Å². The van der Waals surface area contributed by atoms with E-state index in [1.165, 1.54) is 0 Å². The van der Waals surface area contributed by atoms with Gasteiger partial charge in [-0.3, -0.25) is 19.7 Å². The smallest absolute Gasteiger partial charge is 0.221 e. The van der Waals surface area contributed by atoms with E-state index in [0.29, 0.717) is 25.5 Å². The zero-order chi connectivity index (χ0) is 25.1. The number of pyridine rings is 1. The summed E-state index contributed by atoms with van der Waals surface area (Å²) in [4.78, 5) is 6.93. The van der Waals surface area contributed by atoms with E-state index < -0.39 is 6.10 Å². The summed E-state index contributed by atoms with van der Waals surface area (Å²) >= 11 is 0. The molecule has 0 amide bonds. The van der Waals surface area contributed by atoms with Gasteiger partial charge in [0.2, 0.25) is 5.88 Å². The minimum atomic E-state index is -0.498. The third kappa shape index (κ3) is 3.73. The molecule has 10 heteroatoms. The standard InChI is InChI=1S/C26H30N8O2/c1-14(35)11-34-23-7-6-17-8-18(23)22(31-34)13-32(4)12-15(2)36-26-24(16(3)30-33(26)5)20-9-19-21(10-27-20)28-29-25(17)19/h6-10,14-15,35H,11-13H2,1-5H3,(H,28,29)/t14-,15-/m0/s1. The Morgan fingerprint density at radius 1 is 1.19 bits per heavy atom. The molecule has 5 aromatic rings. The van der Waals surface area contributed by atoms with Gasteiger partial charge in [-0.25, -0.2) is 4.68 Å². The van der Waals surface area contributed by atoms with Crippen LogP contribution < -0.4 is 4.74 Å². The molecule has 6 rings (SSSR count). The second-order valence-electron chi connectivity index (χ2n) is 9.91. The first-order valence-electron chi connectivity index (χ1n) is 12.2. The van der Waals surface area contributed by atoms with Gasteiger partial charge >= 0.3 is 0 Å². The molecule has 1 aromatic carbocycles. The number of aromatic nitrogens is 7. The lowest BCUT2D eigenvalue weighted by atomic mass is 10.0. The van der Waals surface area contributed by atoms with Crippen molar-refractivity contribution in [1.29, 1.82) is 0 Å². The van der Waals surface area contributed by atoms with Gasteiger partial charge in [-0.1, -0.05) is 6.07 Å². The lowest BCUT2D eigenvalue weighted by Gasteiger charge is -2.22. The van der Waals surface area contributed by atoms with Crippen LogP contribution in [0.2, 0.25) is 0 Å². The van der Waals surface area contributed by atoms with Crippen molar-refractivity contribution >= 4 is 21.8 Å². The summed E-state index contributed by atoms with van der Waals surface area (Å²) in [5, 5.41) is 29.4. The number of nitrogens with one attached hydrogen (secondary N) is 1. The van der Waals surface area contributed by atoms with Crippen molar-refractivity contribution in [3.8, 4) is 28.4 Å². The maximum Gasteiger partial charge on any atom is 0.221 e. The lowest BCUT2D eigenvalue weighted by molar-refractivity contribution is 0.147. The van der Waals surface area contributed by atoms with Gasteiger partial charge in [0, 0.05) is 36.5 Å². The fraction of sp³-hybridized carbons (Fsp3) is 0.385. The Morgan fingerprint density at radius 3 is 2.83 bits per heavy atom. The molecule has 2 atom stereocenters. The number of hydrogen-bond donors (Lipinski definition) is 2. The topological polar surface area (TPSA) is 110 Å². The van der Waals surface area contributed by atoms with E-state index in [2.05, 4.69) is 58.4 Å². The zero-order valence-corrected chi connectivity index (χ0v) is 21.1. The highest BCUT2D eigenvalue weighted by molar-refractivity contribution is 5.97. The minimum absolute atomic E-state index is 0.0942. The van der Waals surface area contributed by atoms with Crippen LogP contribution in [-0.2, 0) is 20.1 Å². The van der Waals surface area contributed by atoms with Gasteiger partial charge in [0.15, 0.2) is 0 Å². The zero-order valence-electron chi connectivity index (χ0n) is 21.1. The molecule has 0 radical (unpaired) electrons. The highest BCUT2D eigenvalue weighted by Crippen LogP contribution is 2.36. The number of benzene rings is 1. The monoisotopic (exact) mass is 486 g/mol. The molecular formula is C26H30N8O2. The van der Waals surface area contributed by atoms with Gasteiger partial charge in [-0.15, -0.1) is 0 Å². The molecule has 0 saturated heterocycles.